The molecule has 12 heteroatoms. The molecule has 0 amide bonds. The van der Waals surface area contributed by atoms with Crippen LogP contribution in [0.4, 0.5) is 0 Å². The number of hydrogen-bond donors (Lipinski definition) is 3. The lowest BCUT2D eigenvalue weighted by molar-refractivity contribution is -0.910. The highest BCUT2D eigenvalue weighted by molar-refractivity contribution is 7.69. The van der Waals surface area contributed by atoms with Crippen LogP contribution in [-0.2, 0) is 15.7 Å². The van der Waals surface area contributed by atoms with Crippen molar-refractivity contribution in [2.75, 3.05) is 71.7 Å². The Labute approximate surface area is 223 Å². The van der Waals surface area contributed by atoms with Crippen molar-refractivity contribution in [2.45, 2.75) is 57.4 Å². The van der Waals surface area contributed by atoms with Crippen molar-refractivity contribution in [3.05, 3.63) is 30.1 Å². The molecule has 210 valence electrons. The highest BCUT2D eigenvalue weighted by Gasteiger charge is 2.46. The number of pyridine rings is 1. The molecule has 5 unspecified atom stereocenters. The molecule has 0 aliphatic carbocycles. The zero-order valence-corrected chi connectivity index (χ0v) is 24.2. The smallest absolute Gasteiger partial charge is 0.340 e. The maximum Gasteiger partial charge on any atom is 0.519 e. The summed E-state index contributed by atoms with van der Waals surface area (Å²) in [6, 6.07) is 5.73. The molecular weight excluding hydrogens is 512 g/mol. The zero-order chi connectivity index (χ0) is 26.7. The molecule has 3 N–H and O–H groups in total. The number of aromatic nitrogens is 1. The molecule has 3 rings (SSSR count). The van der Waals surface area contributed by atoms with Crippen LogP contribution < -0.4 is 4.73 Å². The average molecular weight is 560 g/mol. The van der Waals surface area contributed by atoms with Gasteiger partial charge in [-0.05, 0) is 56.1 Å². The van der Waals surface area contributed by atoms with Crippen LogP contribution in [0.1, 0.15) is 51.1 Å². The molecule has 10 nitrogen and oxygen atoms in total. The predicted octanol–water partition coefficient (Wildman–Crippen LogP) is 2.60. The van der Waals surface area contributed by atoms with Gasteiger partial charge in [0.15, 0.2) is 0 Å². The summed E-state index contributed by atoms with van der Waals surface area (Å²) in [4.78, 5) is 30.1. The second-order valence-corrected chi connectivity index (χ2v) is 14.6. The van der Waals surface area contributed by atoms with E-state index in [1.807, 2.05) is 18.2 Å². The zero-order valence-electron chi connectivity index (χ0n) is 22.4. The normalized spacial score (nSPS) is 25.8. The SMILES string of the molecule is CCCCCC([P+](=O)O)P(=O)(O)CN1CCCN2CCN(CCCN(Cc3cccc[n+]3O)CC2)CC1. The van der Waals surface area contributed by atoms with Crippen molar-refractivity contribution in [1.29, 1.82) is 0 Å². The molecule has 1 aromatic heterocycles. The lowest BCUT2D eigenvalue weighted by Crippen LogP contribution is -2.47. The standard InChI is InChI=1S/C25H45N5O5P2/c1-2-3-4-10-25(36(32)33)37(34,35)23-29-14-8-12-26-16-17-27(19-21-29)11-7-13-28(20-18-26)22-24-9-5-6-15-30(24)31/h5-6,9,15,25H,2-4,7-8,10-14,16-23H2,1H3,(H-2,31,32,33,34,35)/p+2. The first-order valence-electron chi connectivity index (χ1n) is 13.8. The Morgan fingerprint density at radius 2 is 1.57 bits per heavy atom. The summed E-state index contributed by atoms with van der Waals surface area (Å²) in [5.41, 5.74) is 0.880. The molecule has 2 bridgehead atoms. The van der Waals surface area contributed by atoms with Crippen LogP contribution in [0.25, 0.3) is 0 Å². The minimum Gasteiger partial charge on any atom is -0.340 e. The first-order valence-corrected chi connectivity index (χ1v) is 17.0. The molecule has 2 saturated heterocycles. The Hall–Kier alpha value is -0.960. The summed E-state index contributed by atoms with van der Waals surface area (Å²) in [6.45, 7) is 11.6. The van der Waals surface area contributed by atoms with Crippen molar-refractivity contribution in [2.24, 2.45) is 0 Å². The van der Waals surface area contributed by atoms with Gasteiger partial charge in [-0.1, -0.05) is 19.8 Å². The molecule has 5 atom stereocenters. The number of unbranched alkanes of at least 4 members (excludes halogenated alkanes) is 2. The topological polar surface area (TPSA) is 112 Å². The first-order chi connectivity index (χ1) is 17.8. The van der Waals surface area contributed by atoms with Crippen LogP contribution in [0.5, 0.6) is 0 Å². The third-order valence-electron chi connectivity index (χ3n) is 7.59. The van der Waals surface area contributed by atoms with E-state index in [0.29, 0.717) is 32.5 Å². The fraction of sp³-hybridized carbons (Fsp3) is 0.800. The number of nitrogens with zero attached hydrogens (tertiary/aromatic N) is 5. The van der Waals surface area contributed by atoms with Crippen LogP contribution in [-0.4, -0.2) is 112 Å². The second-order valence-electron chi connectivity index (χ2n) is 10.5. The monoisotopic (exact) mass is 559 g/mol. The average Bonchev–Trinajstić information content (AvgIpc) is 2.86. The van der Waals surface area contributed by atoms with Gasteiger partial charge in [-0.2, -0.15) is 4.89 Å². The Morgan fingerprint density at radius 3 is 2.19 bits per heavy atom. The number of hydrogen-bond acceptors (Lipinski definition) is 7. The maximum atomic E-state index is 13.3. The molecule has 0 radical (unpaired) electrons. The van der Waals surface area contributed by atoms with Crippen molar-refractivity contribution in [3.8, 4) is 0 Å². The van der Waals surface area contributed by atoms with Crippen LogP contribution in [0.2, 0.25) is 0 Å². The van der Waals surface area contributed by atoms with E-state index in [1.165, 1.54) is 4.73 Å². The van der Waals surface area contributed by atoms with E-state index in [9.17, 15) is 24.1 Å². The Balaban J connectivity index is 1.61. The molecule has 0 spiro atoms. The Bertz CT molecular complexity index is 895. The second kappa shape index (κ2) is 15.6. The molecule has 0 saturated carbocycles. The fourth-order valence-corrected chi connectivity index (χ4v) is 8.81. The van der Waals surface area contributed by atoms with Gasteiger partial charge in [-0.25, -0.2) is 0 Å². The van der Waals surface area contributed by atoms with Gasteiger partial charge in [0.25, 0.3) is 12.8 Å². The predicted molar refractivity (Wildman–Crippen MR) is 145 cm³/mol. The van der Waals surface area contributed by atoms with Crippen LogP contribution in [0.15, 0.2) is 24.4 Å². The summed E-state index contributed by atoms with van der Waals surface area (Å²) < 4.78 is 26.5. The molecule has 0 aromatic carbocycles. The maximum absolute atomic E-state index is 13.3. The number of rotatable bonds is 10. The van der Waals surface area contributed by atoms with E-state index in [0.717, 1.165) is 83.7 Å². The van der Waals surface area contributed by atoms with E-state index in [-0.39, 0.29) is 6.29 Å². The van der Waals surface area contributed by atoms with Gasteiger partial charge in [0.05, 0.1) is 12.8 Å². The van der Waals surface area contributed by atoms with Gasteiger partial charge >= 0.3 is 8.03 Å². The summed E-state index contributed by atoms with van der Waals surface area (Å²) >= 11 is 0. The summed E-state index contributed by atoms with van der Waals surface area (Å²) in [6.07, 6.45) is 6.46. The van der Waals surface area contributed by atoms with Crippen molar-refractivity contribution >= 4 is 15.4 Å². The summed E-state index contributed by atoms with van der Waals surface area (Å²) in [5.74, 6) is 0. The minimum atomic E-state index is -3.79. The molecule has 1 aromatic rings. The summed E-state index contributed by atoms with van der Waals surface area (Å²) in [5, 5.41) is 9.11. The quantitative estimate of drug-likeness (QED) is 0.172. The van der Waals surface area contributed by atoms with Gasteiger partial charge in [-0.15, -0.1) is 0 Å². The molecule has 2 fully saturated rings. The minimum absolute atomic E-state index is 0.00865. The van der Waals surface area contributed by atoms with E-state index in [4.69, 9.17) is 0 Å². The third kappa shape index (κ3) is 10.3. The van der Waals surface area contributed by atoms with Crippen LogP contribution in [0.3, 0.4) is 0 Å². The first kappa shape index (κ1) is 30.6. The van der Waals surface area contributed by atoms with Gasteiger partial charge in [0, 0.05) is 62.6 Å². The van der Waals surface area contributed by atoms with E-state index < -0.39 is 20.8 Å². The molecule has 3 heterocycles. The van der Waals surface area contributed by atoms with Crippen molar-refractivity contribution < 1.29 is 28.9 Å². The van der Waals surface area contributed by atoms with Crippen LogP contribution >= 0.6 is 15.4 Å². The largest absolute Gasteiger partial charge is 0.519 e. The number of fused-ring (bicyclic) bond motifs is 3. The van der Waals surface area contributed by atoms with Gasteiger partial charge < -0.3 is 14.7 Å². The van der Waals surface area contributed by atoms with E-state index in [2.05, 4.69) is 26.5 Å². The van der Waals surface area contributed by atoms with Crippen LogP contribution in [0, 0.1) is 0 Å². The summed E-state index contributed by atoms with van der Waals surface area (Å²) in [7, 11) is -6.48. The molecule has 37 heavy (non-hydrogen) atoms. The lowest BCUT2D eigenvalue weighted by Gasteiger charge is -2.36. The molecule has 2 aliphatic rings. The van der Waals surface area contributed by atoms with E-state index >= 15 is 0 Å². The van der Waals surface area contributed by atoms with Gasteiger partial charge in [0.2, 0.25) is 11.9 Å². The molecule has 2 aliphatic heterocycles. The Kier molecular flexibility index (Phi) is 12.9. The third-order valence-corrected chi connectivity index (χ3v) is 12.0. The highest BCUT2D eigenvalue weighted by atomic mass is 31.2. The molecular formula is C25H47N5O5P2+2. The fourth-order valence-electron chi connectivity index (χ4n) is 5.33. The van der Waals surface area contributed by atoms with Crippen molar-refractivity contribution in [3.63, 3.8) is 0 Å². The highest BCUT2D eigenvalue weighted by Crippen LogP contribution is 2.57. The van der Waals surface area contributed by atoms with Gasteiger partial charge in [0.1, 0.15) is 0 Å². The lowest BCUT2D eigenvalue weighted by atomic mass is 10.2. The van der Waals surface area contributed by atoms with Gasteiger partial charge in [-0.3, -0.25) is 19.6 Å². The Morgan fingerprint density at radius 1 is 0.946 bits per heavy atom. The van der Waals surface area contributed by atoms with Crippen molar-refractivity contribution in [1.82, 2.24) is 19.6 Å². The van der Waals surface area contributed by atoms with E-state index in [1.54, 1.807) is 6.20 Å².